The topological polar surface area (TPSA) is 66.8 Å². The number of fused-ring (bicyclic) bond motifs is 5. The van der Waals surface area contributed by atoms with Crippen LogP contribution in [0.25, 0.3) is 0 Å². The lowest BCUT2D eigenvalue weighted by atomic mass is 9.45. The lowest BCUT2D eigenvalue weighted by molar-refractivity contribution is -0.160. The first kappa shape index (κ1) is 19.4. The van der Waals surface area contributed by atoms with Gasteiger partial charge in [0.1, 0.15) is 6.10 Å². The molecule has 0 amide bonds. The molecule has 27 heavy (non-hydrogen) atoms. The summed E-state index contributed by atoms with van der Waals surface area (Å²) in [6.07, 6.45) is 10.5. The average molecular weight is 377 g/mol. The van der Waals surface area contributed by atoms with Crippen molar-refractivity contribution in [1.82, 2.24) is 0 Å². The number of hydrogen-bond donors (Lipinski definition) is 2. The predicted octanol–water partition coefficient (Wildman–Crippen LogP) is 3.85. The number of aliphatic hydroxyl groups is 2. The molecule has 2 N–H and O–H groups in total. The van der Waals surface area contributed by atoms with Gasteiger partial charge in [-0.05, 0) is 92.8 Å². The highest BCUT2D eigenvalue weighted by Gasteiger charge is 2.59. The van der Waals surface area contributed by atoms with Gasteiger partial charge in [-0.1, -0.05) is 18.6 Å². The SMILES string of the molecule is CC(=O)O[C@H]1CC[C@@]2(CO)[C@@H](CC[C@H]3C4=CC[C@H](C(C)O)[C@@]4(C)CC[C@@H]32)C1. The fourth-order valence-electron chi connectivity index (χ4n) is 7.76. The summed E-state index contributed by atoms with van der Waals surface area (Å²) in [4.78, 5) is 11.4. The number of esters is 1. The van der Waals surface area contributed by atoms with Crippen LogP contribution in [0.4, 0.5) is 0 Å². The first-order valence-electron chi connectivity index (χ1n) is 11.0. The second kappa shape index (κ2) is 6.88. The van der Waals surface area contributed by atoms with Crippen molar-refractivity contribution in [2.45, 2.75) is 84.3 Å². The molecule has 4 aliphatic carbocycles. The molecule has 0 heterocycles. The van der Waals surface area contributed by atoms with Gasteiger partial charge in [0.2, 0.25) is 0 Å². The van der Waals surface area contributed by atoms with Gasteiger partial charge in [-0.3, -0.25) is 4.79 Å². The monoisotopic (exact) mass is 376 g/mol. The molecule has 0 radical (unpaired) electrons. The van der Waals surface area contributed by atoms with Gasteiger partial charge in [0, 0.05) is 13.5 Å². The zero-order valence-electron chi connectivity index (χ0n) is 17.1. The molecule has 4 rings (SSSR count). The van der Waals surface area contributed by atoms with E-state index in [-0.39, 0.29) is 35.6 Å². The standard InChI is InChI=1S/C23H36O4/c1-14(25)19-6-7-20-18-5-4-16-12-17(27-15(2)26)8-11-23(16,13-24)21(18)9-10-22(19,20)3/h7,14,16-19,21,24-25H,4-6,8-13H2,1-3H3/t14?,16-,17-,18-,19+,21-,22+,23+/m0/s1. The molecule has 3 saturated carbocycles. The van der Waals surface area contributed by atoms with Crippen molar-refractivity contribution in [3.63, 3.8) is 0 Å². The van der Waals surface area contributed by atoms with E-state index < -0.39 is 0 Å². The van der Waals surface area contributed by atoms with E-state index in [4.69, 9.17) is 4.74 Å². The zero-order chi connectivity index (χ0) is 19.4. The average Bonchev–Trinajstić information content (AvgIpc) is 2.98. The highest BCUT2D eigenvalue weighted by atomic mass is 16.5. The van der Waals surface area contributed by atoms with E-state index in [0.29, 0.717) is 23.7 Å². The van der Waals surface area contributed by atoms with E-state index in [1.165, 1.54) is 13.3 Å². The summed E-state index contributed by atoms with van der Waals surface area (Å²) in [6.45, 7) is 6.07. The largest absolute Gasteiger partial charge is 0.463 e. The summed E-state index contributed by atoms with van der Waals surface area (Å²) in [5.41, 5.74) is 1.70. The highest BCUT2D eigenvalue weighted by molar-refractivity contribution is 5.66. The molecule has 1 unspecified atom stereocenters. The van der Waals surface area contributed by atoms with E-state index in [9.17, 15) is 15.0 Å². The van der Waals surface area contributed by atoms with Gasteiger partial charge in [0.15, 0.2) is 0 Å². The maximum atomic E-state index is 11.4. The fraction of sp³-hybridized carbons (Fsp3) is 0.870. The van der Waals surface area contributed by atoms with E-state index in [1.54, 1.807) is 5.57 Å². The van der Waals surface area contributed by atoms with Gasteiger partial charge >= 0.3 is 5.97 Å². The first-order chi connectivity index (χ1) is 12.8. The number of allylic oxidation sites excluding steroid dienone is 2. The second-order valence-electron chi connectivity index (χ2n) is 10.1. The summed E-state index contributed by atoms with van der Waals surface area (Å²) in [5.74, 6) is 1.71. The Hall–Kier alpha value is -0.870. The molecule has 0 aromatic heterocycles. The van der Waals surface area contributed by atoms with Crippen LogP contribution in [-0.4, -0.2) is 35.0 Å². The molecule has 0 saturated heterocycles. The van der Waals surface area contributed by atoms with Gasteiger partial charge in [-0.2, -0.15) is 0 Å². The van der Waals surface area contributed by atoms with Crippen LogP contribution in [0.3, 0.4) is 0 Å². The van der Waals surface area contributed by atoms with E-state index in [2.05, 4.69) is 13.0 Å². The quantitative estimate of drug-likeness (QED) is 0.580. The van der Waals surface area contributed by atoms with Crippen LogP contribution >= 0.6 is 0 Å². The Morgan fingerprint density at radius 2 is 2.07 bits per heavy atom. The number of hydrogen-bond acceptors (Lipinski definition) is 4. The summed E-state index contributed by atoms with van der Waals surface area (Å²) < 4.78 is 5.53. The maximum absolute atomic E-state index is 11.4. The predicted molar refractivity (Wildman–Crippen MR) is 104 cm³/mol. The summed E-state index contributed by atoms with van der Waals surface area (Å²) in [7, 11) is 0. The van der Waals surface area contributed by atoms with Crippen molar-refractivity contribution in [1.29, 1.82) is 0 Å². The third-order valence-corrected chi connectivity index (χ3v) is 9.00. The van der Waals surface area contributed by atoms with Gasteiger partial charge in [0.25, 0.3) is 0 Å². The molecule has 0 bridgehead atoms. The molecule has 4 nitrogen and oxygen atoms in total. The summed E-state index contributed by atoms with van der Waals surface area (Å²) in [5, 5.41) is 20.9. The van der Waals surface area contributed by atoms with Gasteiger partial charge in [-0.25, -0.2) is 0 Å². The van der Waals surface area contributed by atoms with Crippen molar-refractivity contribution in [2.24, 2.45) is 34.5 Å². The van der Waals surface area contributed by atoms with E-state index >= 15 is 0 Å². The molecule has 3 fully saturated rings. The van der Waals surface area contributed by atoms with Crippen LogP contribution in [0.5, 0.6) is 0 Å². The Labute approximate surface area is 163 Å². The Bertz CT molecular complexity index is 626. The zero-order valence-corrected chi connectivity index (χ0v) is 17.1. The summed E-state index contributed by atoms with van der Waals surface area (Å²) >= 11 is 0. The number of carbonyl (C=O) groups excluding carboxylic acids is 1. The Morgan fingerprint density at radius 3 is 2.74 bits per heavy atom. The van der Waals surface area contributed by atoms with Crippen molar-refractivity contribution >= 4 is 5.97 Å². The minimum atomic E-state index is -0.261. The molecule has 152 valence electrons. The molecular formula is C23H36O4. The minimum absolute atomic E-state index is 0.00927. The Morgan fingerprint density at radius 1 is 1.30 bits per heavy atom. The van der Waals surface area contributed by atoms with Crippen LogP contribution < -0.4 is 0 Å². The van der Waals surface area contributed by atoms with E-state index in [1.807, 2.05) is 6.92 Å². The smallest absolute Gasteiger partial charge is 0.302 e. The number of rotatable bonds is 3. The van der Waals surface area contributed by atoms with Crippen LogP contribution in [0.2, 0.25) is 0 Å². The number of aliphatic hydroxyl groups excluding tert-OH is 2. The molecule has 4 heteroatoms. The third kappa shape index (κ3) is 2.90. The lowest BCUT2D eigenvalue weighted by Crippen LogP contribution is -2.55. The van der Waals surface area contributed by atoms with Gasteiger partial charge < -0.3 is 14.9 Å². The highest BCUT2D eigenvalue weighted by Crippen LogP contribution is 2.66. The lowest BCUT2D eigenvalue weighted by Gasteiger charge is -2.60. The van der Waals surface area contributed by atoms with Gasteiger partial charge in [-0.15, -0.1) is 0 Å². The van der Waals surface area contributed by atoms with Crippen molar-refractivity contribution in [3.8, 4) is 0 Å². The van der Waals surface area contributed by atoms with Gasteiger partial charge in [0.05, 0.1) is 6.10 Å². The molecule has 8 atom stereocenters. The third-order valence-electron chi connectivity index (χ3n) is 9.00. The molecule has 0 aromatic carbocycles. The van der Waals surface area contributed by atoms with Crippen molar-refractivity contribution < 1.29 is 19.7 Å². The van der Waals surface area contributed by atoms with E-state index in [0.717, 1.165) is 44.9 Å². The van der Waals surface area contributed by atoms with Crippen LogP contribution in [0.15, 0.2) is 11.6 Å². The minimum Gasteiger partial charge on any atom is -0.463 e. The number of carbonyl (C=O) groups is 1. The fourth-order valence-corrected chi connectivity index (χ4v) is 7.76. The Balaban J connectivity index is 1.58. The van der Waals surface area contributed by atoms with Crippen molar-refractivity contribution in [3.05, 3.63) is 11.6 Å². The van der Waals surface area contributed by atoms with Crippen LogP contribution in [0, 0.1) is 34.5 Å². The molecular weight excluding hydrogens is 340 g/mol. The molecule has 0 spiro atoms. The van der Waals surface area contributed by atoms with Crippen molar-refractivity contribution in [2.75, 3.05) is 6.61 Å². The Kier molecular flexibility index (Phi) is 4.95. The second-order valence-corrected chi connectivity index (χ2v) is 10.1. The molecule has 0 aliphatic heterocycles. The van der Waals surface area contributed by atoms with Crippen LogP contribution in [0.1, 0.15) is 72.1 Å². The maximum Gasteiger partial charge on any atom is 0.302 e. The molecule has 4 aliphatic rings. The normalized spacial score (nSPS) is 47.3. The number of ether oxygens (including phenoxy) is 1. The van der Waals surface area contributed by atoms with Crippen LogP contribution in [-0.2, 0) is 9.53 Å². The molecule has 0 aromatic rings. The summed E-state index contributed by atoms with van der Waals surface area (Å²) in [6, 6.07) is 0. The first-order valence-corrected chi connectivity index (χ1v) is 11.0.